The Bertz CT molecular complexity index is 979. The smallest absolute Gasteiger partial charge is 0.343 e. The van der Waals surface area contributed by atoms with E-state index in [-0.39, 0.29) is 17.2 Å². The molecule has 1 unspecified atom stereocenters. The van der Waals surface area contributed by atoms with Gasteiger partial charge in [0.15, 0.2) is 11.5 Å². The molecule has 0 amide bonds. The van der Waals surface area contributed by atoms with E-state index in [0.717, 1.165) is 0 Å². The fraction of sp³-hybridized carbons (Fsp3) is 0.316. The Morgan fingerprint density at radius 1 is 1.11 bits per heavy atom. The monoisotopic (exact) mass is 370 g/mol. The zero-order valence-electron chi connectivity index (χ0n) is 15.3. The first-order chi connectivity index (χ1) is 12.9. The third-order valence-corrected chi connectivity index (χ3v) is 4.41. The van der Waals surface area contributed by atoms with Gasteiger partial charge in [-0.2, -0.15) is 5.26 Å². The third-order valence-electron chi connectivity index (χ3n) is 4.41. The van der Waals surface area contributed by atoms with Crippen molar-refractivity contribution < 1.29 is 23.4 Å². The Morgan fingerprint density at radius 3 is 2.26 bits per heavy atom. The molecular weight excluding hydrogens is 352 g/mol. The number of aryl methyl sites for hydroxylation is 1. The normalized spacial score (nSPS) is 18.1. The van der Waals surface area contributed by atoms with E-state index in [0.29, 0.717) is 28.6 Å². The lowest BCUT2D eigenvalue weighted by molar-refractivity contribution is 0.323. The summed E-state index contributed by atoms with van der Waals surface area (Å²) in [5, 5.41) is 17.7. The molecule has 0 fully saturated rings. The van der Waals surface area contributed by atoms with E-state index in [9.17, 15) is 10.1 Å². The van der Waals surface area contributed by atoms with Gasteiger partial charge in [-0.15, -0.1) is 0 Å². The number of fused-ring (bicyclic) bond motifs is 1. The van der Waals surface area contributed by atoms with Gasteiger partial charge in [0, 0.05) is 12.0 Å². The van der Waals surface area contributed by atoms with Crippen molar-refractivity contribution in [1.29, 1.82) is 10.7 Å². The number of methoxy groups -OCH3 is 3. The first kappa shape index (κ1) is 18.3. The summed E-state index contributed by atoms with van der Waals surface area (Å²) in [6.45, 7) is 1.61. The number of benzene rings is 1. The molecule has 2 heterocycles. The summed E-state index contributed by atoms with van der Waals surface area (Å²) in [5.41, 5.74) is 0.107. The maximum Gasteiger partial charge on any atom is 0.343 e. The average molecular weight is 370 g/mol. The summed E-state index contributed by atoms with van der Waals surface area (Å²) in [4.78, 5) is 12.6. The lowest BCUT2D eigenvalue weighted by Crippen LogP contribution is -2.34. The molecule has 1 aromatic carbocycles. The molecule has 0 radical (unpaired) electrons. The molecule has 8 nitrogen and oxygen atoms in total. The van der Waals surface area contributed by atoms with Gasteiger partial charge in [0.2, 0.25) is 11.6 Å². The minimum Gasteiger partial charge on any atom is -0.493 e. The molecule has 2 aromatic rings. The van der Waals surface area contributed by atoms with Crippen LogP contribution in [-0.4, -0.2) is 27.2 Å². The third kappa shape index (κ3) is 2.97. The van der Waals surface area contributed by atoms with E-state index in [1.54, 1.807) is 19.1 Å². The standard InChI is InChI=1S/C19H18N2O6/c1-9-5-12-16(19(22)26-9)15(11(8-20)18(21)27-12)10-6-13(23-2)17(25-4)14(7-10)24-3/h5-7,11,15,21H,1-4H3/t11?,15-/m1/s1. The lowest BCUT2D eigenvalue weighted by atomic mass is 9.79. The van der Waals surface area contributed by atoms with Gasteiger partial charge in [-0.05, 0) is 24.6 Å². The van der Waals surface area contributed by atoms with E-state index >= 15 is 0 Å². The van der Waals surface area contributed by atoms with E-state index in [2.05, 4.69) is 0 Å². The number of hydrogen-bond donors (Lipinski definition) is 1. The topological polar surface area (TPSA) is 115 Å². The number of nitrogens with one attached hydrogen (secondary N) is 1. The van der Waals surface area contributed by atoms with Gasteiger partial charge in [0.05, 0.1) is 33.0 Å². The molecule has 0 saturated heterocycles. The predicted molar refractivity (Wildman–Crippen MR) is 95.1 cm³/mol. The van der Waals surface area contributed by atoms with E-state index in [4.69, 9.17) is 28.8 Å². The average Bonchev–Trinajstić information content (AvgIpc) is 2.65. The molecule has 1 aliphatic rings. The second kappa shape index (κ2) is 7.03. The van der Waals surface area contributed by atoms with Crippen LogP contribution in [0.5, 0.6) is 23.0 Å². The summed E-state index contributed by atoms with van der Waals surface area (Å²) in [5.74, 6) is -0.337. The van der Waals surface area contributed by atoms with Crippen molar-refractivity contribution in [3.05, 3.63) is 45.5 Å². The van der Waals surface area contributed by atoms with Crippen LogP contribution in [0.2, 0.25) is 0 Å². The highest BCUT2D eigenvalue weighted by Crippen LogP contribution is 2.46. The molecule has 0 saturated carbocycles. The fourth-order valence-electron chi connectivity index (χ4n) is 3.23. The maximum absolute atomic E-state index is 12.6. The van der Waals surface area contributed by atoms with E-state index in [1.165, 1.54) is 27.4 Å². The zero-order valence-corrected chi connectivity index (χ0v) is 15.3. The Morgan fingerprint density at radius 2 is 1.74 bits per heavy atom. The van der Waals surface area contributed by atoms with Gasteiger partial charge in [-0.3, -0.25) is 5.41 Å². The van der Waals surface area contributed by atoms with Gasteiger partial charge in [0.25, 0.3) is 0 Å². The SMILES string of the molecule is COc1cc([C@H]2c3c(cc(C)oc3=O)OC(=N)C2C#N)cc(OC)c1OC. The predicted octanol–water partition coefficient (Wildman–Crippen LogP) is 2.62. The van der Waals surface area contributed by atoms with Crippen LogP contribution in [0.15, 0.2) is 27.4 Å². The van der Waals surface area contributed by atoms with Gasteiger partial charge >= 0.3 is 5.63 Å². The molecule has 27 heavy (non-hydrogen) atoms. The van der Waals surface area contributed by atoms with Crippen LogP contribution in [0.3, 0.4) is 0 Å². The highest BCUT2D eigenvalue weighted by atomic mass is 16.5. The summed E-state index contributed by atoms with van der Waals surface area (Å²) in [6.07, 6.45) is 0. The summed E-state index contributed by atoms with van der Waals surface area (Å²) in [6, 6.07) is 6.88. The summed E-state index contributed by atoms with van der Waals surface area (Å²) < 4.78 is 26.7. The molecule has 2 atom stereocenters. The van der Waals surface area contributed by atoms with Crippen molar-refractivity contribution in [2.45, 2.75) is 12.8 Å². The first-order valence-corrected chi connectivity index (χ1v) is 8.05. The molecule has 1 aliphatic heterocycles. The molecular formula is C19H18N2O6. The largest absolute Gasteiger partial charge is 0.493 e. The summed E-state index contributed by atoms with van der Waals surface area (Å²) >= 11 is 0. The Labute approximate surface area is 155 Å². The van der Waals surface area contributed by atoms with Gasteiger partial charge in [-0.1, -0.05) is 0 Å². The van der Waals surface area contributed by atoms with Crippen LogP contribution in [0, 0.1) is 29.6 Å². The van der Waals surface area contributed by atoms with Crippen LogP contribution in [0.1, 0.15) is 22.8 Å². The quantitative estimate of drug-likeness (QED) is 0.879. The van der Waals surface area contributed by atoms with Crippen LogP contribution in [0.4, 0.5) is 0 Å². The fourth-order valence-corrected chi connectivity index (χ4v) is 3.23. The maximum atomic E-state index is 12.6. The number of nitrogens with zero attached hydrogens (tertiary/aromatic N) is 1. The van der Waals surface area contributed by atoms with Crippen LogP contribution >= 0.6 is 0 Å². The lowest BCUT2D eigenvalue weighted by Gasteiger charge is -2.29. The van der Waals surface area contributed by atoms with Crippen molar-refractivity contribution >= 4 is 5.90 Å². The molecule has 0 bridgehead atoms. The van der Waals surface area contributed by atoms with Crippen molar-refractivity contribution in [3.8, 4) is 29.1 Å². The second-order valence-electron chi connectivity index (χ2n) is 5.93. The van der Waals surface area contributed by atoms with Crippen molar-refractivity contribution in [2.75, 3.05) is 21.3 Å². The van der Waals surface area contributed by atoms with Gasteiger partial charge in [0.1, 0.15) is 17.4 Å². The minimum absolute atomic E-state index is 0.178. The van der Waals surface area contributed by atoms with Crippen molar-refractivity contribution in [3.63, 3.8) is 0 Å². The van der Waals surface area contributed by atoms with E-state index < -0.39 is 17.5 Å². The molecule has 1 aromatic heterocycles. The molecule has 3 rings (SSSR count). The Hall–Kier alpha value is -3.47. The van der Waals surface area contributed by atoms with Gasteiger partial charge in [-0.25, -0.2) is 4.79 Å². The highest BCUT2D eigenvalue weighted by molar-refractivity contribution is 5.85. The van der Waals surface area contributed by atoms with Crippen molar-refractivity contribution in [2.24, 2.45) is 5.92 Å². The van der Waals surface area contributed by atoms with E-state index in [1.807, 2.05) is 6.07 Å². The Kier molecular flexibility index (Phi) is 4.77. The molecule has 140 valence electrons. The molecule has 0 spiro atoms. The van der Waals surface area contributed by atoms with Crippen LogP contribution in [0.25, 0.3) is 0 Å². The number of nitriles is 1. The molecule has 1 N–H and O–H groups in total. The second-order valence-corrected chi connectivity index (χ2v) is 5.93. The molecule has 0 aliphatic carbocycles. The number of rotatable bonds is 4. The van der Waals surface area contributed by atoms with Crippen LogP contribution < -0.4 is 24.6 Å². The van der Waals surface area contributed by atoms with Gasteiger partial charge < -0.3 is 23.4 Å². The number of ether oxygens (including phenoxy) is 4. The zero-order chi connectivity index (χ0) is 19.7. The minimum atomic E-state index is -1.01. The van der Waals surface area contributed by atoms with Crippen LogP contribution in [-0.2, 0) is 0 Å². The Balaban J connectivity index is 2.31. The van der Waals surface area contributed by atoms with Crippen molar-refractivity contribution in [1.82, 2.24) is 0 Å². The first-order valence-electron chi connectivity index (χ1n) is 8.05. The number of hydrogen-bond acceptors (Lipinski definition) is 8. The molecule has 8 heteroatoms. The summed E-state index contributed by atoms with van der Waals surface area (Å²) in [7, 11) is 4.43. The highest BCUT2D eigenvalue weighted by Gasteiger charge is 2.40.